The monoisotopic (exact) mass is 245 g/mol. The van der Waals surface area contributed by atoms with Crippen molar-refractivity contribution in [1.82, 2.24) is 4.84 Å². The quantitative estimate of drug-likeness (QED) is 0.573. The average Bonchev–Trinajstić information content (AvgIpc) is 1.82. The van der Waals surface area contributed by atoms with Gasteiger partial charge in [-0.05, 0) is 0 Å². The first kappa shape index (κ1) is 14.0. The molecular formula is C9H22Cl2NP. The molecule has 1 nitrogen and oxygen atoms in total. The van der Waals surface area contributed by atoms with Crippen LogP contribution >= 0.6 is 29.0 Å². The van der Waals surface area contributed by atoms with E-state index in [2.05, 4.69) is 38.7 Å². The first-order valence-electron chi connectivity index (χ1n) is 4.62. The van der Waals surface area contributed by atoms with Gasteiger partial charge in [0.1, 0.15) is 0 Å². The van der Waals surface area contributed by atoms with Crippen LogP contribution in [0.4, 0.5) is 0 Å². The van der Waals surface area contributed by atoms with Crippen LogP contribution in [0.3, 0.4) is 0 Å². The van der Waals surface area contributed by atoms with Gasteiger partial charge < -0.3 is 0 Å². The first-order valence-corrected chi connectivity index (χ1v) is 9.67. The fraction of sp³-hybridized carbons (Fsp3) is 1.00. The van der Waals surface area contributed by atoms with Gasteiger partial charge in [-0.1, -0.05) is 0 Å². The number of nitrogens with one attached hydrogen (secondary N) is 1. The van der Waals surface area contributed by atoms with Crippen molar-refractivity contribution >= 4 is 29.0 Å². The summed E-state index contributed by atoms with van der Waals surface area (Å²) < 4.78 is 0. The average molecular weight is 246 g/mol. The van der Waals surface area contributed by atoms with Crippen LogP contribution in [0.2, 0.25) is 0 Å². The van der Waals surface area contributed by atoms with Gasteiger partial charge in [-0.15, -0.1) is 0 Å². The third kappa shape index (κ3) is 9.28. The van der Waals surface area contributed by atoms with Crippen LogP contribution in [-0.2, 0) is 0 Å². The van der Waals surface area contributed by atoms with Crippen molar-refractivity contribution in [3.8, 4) is 0 Å². The van der Waals surface area contributed by atoms with E-state index in [0.717, 1.165) is 19.0 Å². The molecule has 0 aliphatic rings. The van der Waals surface area contributed by atoms with E-state index in [-0.39, 0.29) is 5.54 Å². The Morgan fingerprint density at radius 1 is 1.23 bits per heavy atom. The fourth-order valence-electron chi connectivity index (χ4n) is 1.10. The van der Waals surface area contributed by atoms with E-state index < -0.39 is 5.96 Å². The zero-order valence-electron chi connectivity index (χ0n) is 9.32. The maximum absolute atomic E-state index is 6.44. The van der Waals surface area contributed by atoms with Gasteiger partial charge in [0.2, 0.25) is 0 Å². The molecule has 0 bridgehead atoms. The van der Waals surface area contributed by atoms with Crippen LogP contribution in [0.1, 0.15) is 26.7 Å². The molecule has 0 aromatic rings. The second-order valence-electron chi connectivity index (χ2n) is 5.72. The molecule has 0 unspecified atom stereocenters. The van der Waals surface area contributed by atoms with Gasteiger partial charge in [-0.3, -0.25) is 0 Å². The molecule has 0 aliphatic carbocycles. The van der Waals surface area contributed by atoms with Gasteiger partial charge in [0.15, 0.2) is 0 Å². The Hall–Kier alpha value is 0.970. The van der Waals surface area contributed by atoms with Crippen molar-refractivity contribution in [3.05, 3.63) is 0 Å². The molecule has 0 saturated carbocycles. The Kier molecular flexibility index (Phi) is 4.54. The van der Waals surface area contributed by atoms with E-state index in [1.807, 2.05) is 0 Å². The molecule has 0 radical (unpaired) electrons. The van der Waals surface area contributed by atoms with Gasteiger partial charge >= 0.3 is 92.2 Å². The van der Waals surface area contributed by atoms with Crippen LogP contribution in [0.5, 0.6) is 0 Å². The molecule has 0 rings (SSSR count). The zero-order valence-corrected chi connectivity index (χ0v) is 11.7. The molecule has 0 fully saturated rings. The second kappa shape index (κ2) is 4.23. The second-order valence-corrected chi connectivity index (χ2v) is 16.0. The summed E-state index contributed by atoms with van der Waals surface area (Å²) in [7, 11) is 0. The fourth-order valence-corrected chi connectivity index (χ4v) is 2.78. The predicted molar refractivity (Wildman–Crippen MR) is 67.7 cm³/mol. The van der Waals surface area contributed by atoms with Crippen molar-refractivity contribution in [3.63, 3.8) is 0 Å². The summed E-state index contributed by atoms with van der Waals surface area (Å²) in [6, 6.07) is 0. The minimum atomic E-state index is -1.82. The standard InChI is InChI=1S/C9H22Cl2NP/c1-9(2,12-10)7-6-8-13(3,4,5)11/h12H,6-8H2,1-5H3. The summed E-state index contributed by atoms with van der Waals surface area (Å²) in [5, 5.41) is 0. The summed E-state index contributed by atoms with van der Waals surface area (Å²) in [6.07, 6.45) is 3.32. The Morgan fingerprint density at radius 3 is 2.00 bits per heavy atom. The topological polar surface area (TPSA) is 12.0 Å². The maximum atomic E-state index is 6.44. The molecule has 0 heterocycles. The summed E-state index contributed by atoms with van der Waals surface area (Å²) >= 11 is 12.0. The zero-order chi connectivity index (χ0) is 10.8. The van der Waals surface area contributed by atoms with Crippen molar-refractivity contribution in [2.24, 2.45) is 0 Å². The molecule has 0 aromatic heterocycles. The Bertz CT molecular complexity index is 163. The van der Waals surface area contributed by atoms with Crippen LogP contribution in [0.15, 0.2) is 0 Å². The third-order valence-corrected chi connectivity index (χ3v) is 4.82. The minimum absolute atomic E-state index is 0.0209. The SMILES string of the molecule is CC(C)(CCCP(C)(C)(C)Cl)NCl. The van der Waals surface area contributed by atoms with Gasteiger partial charge in [-0.25, -0.2) is 0 Å². The van der Waals surface area contributed by atoms with Crippen molar-refractivity contribution in [2.75, 3.05) is 26.2 Å². The van der Waals surface area contributed by atoms with E-state index in [1.54, 1.807) is 0 Å². The normalized spacial score (nSPS) is 16.7. The van der Waals surface area contributed by atoms with E-state index >= 15 is 0 Å². The molecule has 82 valence electrons. The molecule has 0 saturated heterocycles. The summed E-state index contributed by atoms with van der Waals surface area (Å²) in [5.74, 6) is -1.82. The van der Waals surface area contributed by atoms with Crippen LogP contribution in [-0.4, -0.2) is 31.7 Å². The van der Waals surface area contributed by atoms with Gasteiger partial charge in [0.25, 0.3) is 0 Å². The van der Waals surface area contributed by atoms with E-state index in [1.165, 1.54) is 0 Å². The van der Waals surface area contributed by atoms with Crippen LogP contribution in [0.25, 0.3) is 0 Å². The van der Waals surface area contributed by atoms with Crippen molar-refractivity contribution in [1.29, 1.82) is 0 Å². The Labute approximate surface area is 92.4 Å². The number of rotatable bonds is 5. The number of hydrogen-bond donors (Lipinski definition) is 1. The molecule has 4 heteroatoms. The Balaban J connectivity index is 3.82. The third-order valence-electron chi connectivity index (χ3n) is 1.97. The van der Waals surface area contributed by atoms with Crippen LogP contribution in [0, 0.1) is 0 Å². The van der Waals surface area contributed by atoms with E-state index in [9.17, 15) is 0 Å². The molecule has 0 spiro atoms. The van der Waals surface area contributed by atoms with Crippen molar-refractivity contribution in [2.45, 2.75) is 32.2 Å². The van der Waals surface area contributed by atoms with Crippen molar-refractivity contribution < 1.29 is 0 Å². The summed E-state index contributed by atoms with van der Waals surface area (Å²) in [6.45, 7) is 10.8. The molecular weight excluding hydrogens is 224 g/mol. The summed E-state index contributed by atoms with van der Waals surface area (Å²) in [5.41, 5.74) is 0.0209. The molecule has 0 aliphatic heterocycles. The molecule has 0 aromatic carbocycles. The van der Waals surface area contributed by atoms with Gasteiger partial charge in [0.05, 0.1) is 0 Å². The van der Waals surface area contributed by atoms with E-state index in [4.69, 9.17) is 23.0 Å². The molecule has 0 atom stereocenters. The summed E-state index contributed by atoms with van der Waals surface area (Å²) in [4.78, 5) is 2.78. The molecule has 13 heavy (non-hydrogen) atoms. The first-order chi connectivity index (χ1) is 5.52. The molecule has 1 N–H and O–H groups in total. The number of hydrogen-bond acceptors (Lipinski definition) is 1. The van der Waals surface area contributed by atoms with Gasteiger partial charge in [-0.2, -0.15) is 0 Å². The van der Waals surface area contributed by atoms with Crippen LogP contribution < -0.4 is 4.84 Å². The van der Waals surface area contributed by atoms with E-state index in [0.29, 0.717) is 0 Å². The predicted octanol–water partition coefficient (Wildman–Crippen LogP) is 3.89. The molecule has 0 amide bonds. The Morgan fingerprint density at radius 2 is 1.69 bits per heavy atom. The van der Waals surface area contributed by atoms with Gasteiger partial charge in [0, 0.05) is 0 Å². The number of halogens is 2.